The van der Waals surface area contributed by atoms with Gasteiger partial charge in [0.2, 0.25) is 0 Å². The summed E-state index contributed by atoms with van der Waals surface area (Å²) in [5.41, 5.74) is -0.893. The van der Waals surface area contributed by atoms with E-state index in [-0.39, 0.29) is 19.8 Å². The maximum absolute atomic E-state index is 12.5. The van der Waals surface area contributed by atoms with Crippen molar-refractivity contribution < 1.29 is 28.5 Å². The summed E-state index contributed by atoms with van der Waals surface area (Å²) in [7, 11) is 1.22. The Morgan fingerprint density at radius 1 is 1.30 bits per heavy atom. The van der Waals surface area contributed by atoms with Gasteiger partial charge in [0.15, 0.2) is 5.79 Å². The highest BCUT2D eigenvalue weighted by Gasteiger charge is 2.58. The van der Waals surface area contributed by atoms with E-state index in [2.05, 4.69) is 15.5 Å². The molecule has 0 spiro atoms. The molecule has 1 saturated heterocycles. The number of carbonyl (C=O) groups excluding carboxylic acids is 2. The predicted octanol–water partition coefficient (Wildman–Crippen LogP) is 2.02. The SMILES string of the molecule is COC(=O)[C@]1(NC(=O)OCc2ccccc2)N=NC[C@@H]1[C@@H]1COC(C)(C)O1. The number of ether oxygens (including phenoxy) is 4. The second-order valence-electron chi connectivity index (χ2n) is 6.84. The molecule has 146 valence electrons. The van der Waals surface area contributed by atoms with Crippen LogP contribution in [-0.4, -0.2) is 49.9 Å². The maximum atomic E-state index is 12.5. The number of amides is 1. The summed E-state index contributed by atoms with van der Waals surface area (Å²) in [4.78, 5) is 24.9. The Bertz CT molecular complexity index is 723. The van der Waals surface area contributed by atoms with Crippen molar-refractivity contribution in [2.24, 2.45) is 16.1 Å². The van der Waals surface area contributed by atoms with Gasteiger partial charge in [0.05, 0.1) is 32.3 Å². The summed E-state index contributed by atoms with van der Waals surface area (Å²) in [5, 5.41) is 10.5. The molecule has 1 fully saturated rings. The lowest BCUT2D eigenvalue weighted by molar-refractivity contribution is -0.160. The van der Waals surface area contributed by atoms with Crippen molar-refractivity contribution in [1.82, 2.24) is 5.32 Å². The summed E-state index contributed by atoms with van der Waals surface area (Å²) in [6.07, 6.45) is -1.28. The van der Waals surface area contributed by atoms with Crippen molar-refractivity contribution in [1.29, 1.82) is 0 Å². The van der Waals surface area contributed by atoms with Gasteiger partial charge in [-0.1, -0.05) is 30.3 Å². The summed E-state index contributed by atoms with van der Waals surface area (Å²) in [6, 6.07) is 9.20. The topological polar surface area (TPSA) is 108 Å². The molecule has 2 aliphatic heterocycles. The molecular weight excluding hydrogens is 354 g/mol. The van der Waals surface area contributed by atoms with Gasteiger partial charge in [-0.25, -0.2) is 9.59 Å². The Hall–Kier alpha value is -2.52. The Morgan fingerprint density at radius 2 is 2.04 bits per heavy atom. The molecule has 2 heterocycles. The van der Waals surface area contributed by atoms with Gasteiger partial charge in [0.1, 0.15) is 6.61 Å². The highest BCUT2D eigenvalue weighted by Crippen LogP contribution is 2.37. The van der Waals surface area contributed by atoms with Gasteiger partial charge in [-0.3, -0.25) is 5.32 Å². The van der Waals surface area contributed by atoms with Gasteiger partial charge >= 0.3 is 12.1 Å². The first-order chi connectivity index (χ1) is 12.9. The Balaban J connectivity index is 1.73. The highest BCUT2D eigenvalue weighted by atomic mass is 16.7. The number of alkyl carbamates (subject to hydrolysis) is 1. The molecule has 3 atom stereocenters. The van der Waals surface area contributed by atoms with Crippen molar-refractivity contribution >= 4 is 12.1 Å². The third kappa shape index (κ3) is 4.09. The lowest BCUT2D eigenvalue weighted by Gasteiger charge is -2.32. The van der Waals surface area contributed by atoms with Gasteiger partial charge in [0.25, 0.3) is 5.66 Å². The fraction of sp³-hybridized carbons (Fsp3) is 0.556. The zero-order chi connectivity index (χ0) is 19.5. The van der Waals surface area contributed by atoms with E-state index in [1.165, 1.54) is 7.11 Å². The van der Waals surface area contributed by atoms with Crippen LogP contribution in [0.25, 0.3) is 0 Å². The number of methoxy groups -OCH3 is 1. The van der Waals surface area contributed by atoms with E-state index in [9.17, 15) is 9.59 Å². The minimum absolute atomic E-state index is 0.0573. The van der Waals surface area contributed by atoms with E-state index in [4.69, 9.17) is 18.9 Å². The second kappa shape index (κ2) is 7.61. The van der Waals surface area contributed by atoms with Gasteiger partial charge in [0, 0.05) is 0 Å². The summed E-state index contributed by atoms with van der Waals surface area (Å²) >= 11 is 0. The van der Waals surface area contributed by atoms with Gasteiger partial charge < -0.3 is 18.9 Å². The fourth-order valence-electron chi connectivity index (χ4n) is 3.18. The molecule has 1 amide bonds. The summed E-state index contributed by atoms with van der Waals surface area (Å²) in [6.45, 7) is 4.05. The van der Waals surface area contributed by atoms with Crippen LogP contribution in [0, 0.1) is 5.92 Å². The van der Waals surface area contributed by atoms with E-state index in [1.54, 1.807) is 13.8 Å². The van der Waals surface area contributed by atoms with Crippen LogP contribution in [0.2, 0.25) is 0 Å². The summed E-state index contributed by atoms with van der Waals surface area (Å²) < 4.78 is 21.5. The molecular formula is C18H23N3O6. The number of nitrogens with one attached hydrogen (secondary N) is 1. The van der Waals surface area contributed by atoms with Crippen molar-refractivity contribution in [2.75, 3.05) is 20.3 Å². The summed E-state index contributed by atoms with van der Waals surface area (Å²) in [5.74, 6) is -2.10. The van der Waals surface area contributed by atoms with Crippen molar-refractivity contribution in [3.05, 3.63) is 35.9 Å². The van der Waals surface area contributed by atoms with E-state index in [0.717, 1.165) is 5.56 Å². The molecule has 0 saturated carbocycles. The lowest BCUT2D eigenvalue weighted by Crippen LogP contribution is -2.60. The first-order valence-electron chi connectivity index (χ1n) is 8.64. The number of carbonyl (C=O) groups is 2. The van der Waals surface area contributed by atoms with Gasteiger partial charge in [-0.15, -0.1) is 0 Å². The average molecular weight is 377 g/mol. The quantitative estimate of drug-likeness (QED) is 0.787. The van der Waals surface area contributed by atoms with Crippen LogP contribution < -0.4 is 5.32 Å². The number of nitrogens with zero attached hydrogens (tertiary/aromatic N) is 2. The first-order valence-corrected chi connectivity index (χ1v) is 8.64. The van der Waals surface area contributed by atoms with E-state index in [0.29, 0.717) is 0 Å². The maximum Gasteiger partial charge on any atom is 0.409 e. The van der Waals surface area contributed by atoms with Crippen LogP contribution >= 0.6 is 0 Å². The monoisotopic (exact) mass is 377 g/mol. The fourth-order valence-corrected chi connectivity index (χ4v) is 3.18. The zero-order valence-corrected chi connectivity index (χ0v) is 15.5. The van der Waals surface area contributed by atoms with Crippen molar-refractivity contribution in [3.8, 4) is 0 Å². The Morgan fingerprint density at radius 3 is 2.67 bits per heavy atom. The number of hydrogen-bond donors (Lipinski definition) is 1. The molecule has 1 N–H and O–H groups in total. The molecule has 2 aliphatic rings. The number of hydrogen-bond acceptors (Lipinski definition) is 8. The third-order valence-corrected chi connectivity index (χ3v) is 4.52. The van der Waals surface area contributed by atoms with Crippen LogP contribution in [0.15, 0.2) is 40.6 Å². The minimum Gasteiger partial charge on any atom is -0.466 e. The average Bonchev–Trinajstić information content (AvgIpc) is 3.23. The van der Waals surface area contributed by atoms with E-state index < -0.39 is 35.5 Å². The normalized spacial score (nSPS) is 28.7. The molecule has 1 aromatic carbocycles. The molecule has 9 heteroatoms. The smallest absolute Gasteiger partial charge is 0.409 e. The lowest BCUT2D eigenvalue weighted by atomic mass is 9.89. The largest absolute Gasteiger partial charge is 0.466 e. The van der Waals surface area contributed by atoms with E-state index in [1.807, 2.05) is 30.3 Å². The highest BCUT2D eigenvalue weighted by molar-refractivity contribution is 5.86. The minimum atomic E-state index is -1.71. The number of rotatable bonds is 5. The van der Waals surface area contributed by atoms with Crippen LogP contribution in [0.5, 0.6) is 0 Å². The molecule has 0 unspecified atom stereocenters. The number of azo groups is 1. The first kappa shape index (κ1) is 19.2. The molecule has 1 aromatic rings. The van der Waals surface area contributed by atoms with Crippen LogP contribution in [0.1, 0.15) is 19.4 Å². The Labute approximate surface area is 157 Å². The molecule has 3 rings (SSSR count). The predicted molar refractivity (Wildman–Crippen MR) is 92.6 cm³/mol. The number of benzene rings is 1. The van der Waals surface area contributed by atoms with E-state index >= 15 is 0 Å². The zero-order valence-electron chi connectivity index (χ0n) is 15.5. The third-order valence-electron chi connectivity index (χ3n) is 4.52. The standard InChI is InChI=1S/C18H23N3O6/c1-17(2)26-11-14(27-17)13-9-19-21-18(13,15(22)24-3)20-16(23)25-10-12-7-5-4-6-8-12/h4-8,13-14H,9-11H2,1-3H3,(H,20,23)/t13-,14+,18-/m1/s1. The molecule has 0 aliphatic carbocycles. The Kier molecular flexibility index (Phi) is 5.43. The molecule has 0 bridgehead atoms. The molecule has 9 nitrogen and oxygen atoms in total. The molecule has 0 aromatic heterocycles. The molecule has 27 heavy (non-hydrogen) atoms. The second-order valence-corrected chi connectivity index (χ2v) is 6.84. The van der Waals surface area contributed by atoms with Crippen molar-refractivity contribution in [3.63, 3.8) is 0 Å². The van der Waals surface area contributed by atoms with Gasteiger partial charge in [-0.2, -0.15) is 10.2 Å². The van der Waals surface area contributed by atoms with Crippen LogP contribution in [0.3, 0.4) is 0 Å². The van der Waals surface area contributed by atoms with Gasteiger partial charge in [-0.05, 0) is 19.4 Å². The van der Waals surface area contributed by atoms with Crippen LogP contribution in [0.4, 0.5) is 4.79 Å². The van der Waals surface area contributed by atoms with Crippen molar-refractivity contribution in [2.45, 2.75) is 38.0 Å². The molecule has 0 radical (unpaired) electrons. The van der Waals surface area contributed by atoms with Crippen LogP contribution in [-0.2, 0) is 30.3 Å². The number of esters is 1.